The molecule has 1 aliphatic rings. The molecule has 1 aromatic rings. The summed E-state index contributed by atoms with van der Waals surface area (Å²) in [4.78, 5) is 17.0. The van der Waals surface area contributed by atoms with Gasteiger partial charge in [0.1, 0.15) is 0 Å². The second-order valence-corrected chi connectivity index (χ2v) is 3.66. The van der Waals surface area contributed by atoms with Crippen LogP contribution in [-0.4, -0.2) is 34.9 Å². The molecular formula is C10H12FN3O. The molecule has 1 saturated heterocycles. The van der Waals surface area contributed by atoms with Gasteiger partial charge in [0.05, 0.1) is 11.8 Å². The second-order valence-electron chi connectivity index (χ2n) is 3.66. The molecule has 1 amide bonds. The third-order valence-electron chi connectivity index (χ3n) is 2.51. The van der Waals surface area contributed by atoms with Crippen LogP contribution in [0.1, 0.15) is 16.8 Å². The first-order valence-electron chi connectivity index (χ1n) is 4.83. The molecule has 1 atom stereocenters. The minimum absolute atomic E-state index is 0.0128. The molecule has 0 aromatic carbocycles. The Hall–Kier alpha value is -1.49. The SMILES string of the molecule is NC1CCN(C(=O)c2ccncc2F)C1. The van der Waals surface area contributed by atoms with Crippen molar-refractivity contribution in [1.82, 2.24) is 9.88 Å². The van der Waals surface area contributed by atoms with Gasteiger partial charge in [-0.25, -0.2) is 4.39 Å². The van der Waals surface area contributed by atoms with Crippen molar-refractivity contribution in [2.75, 3.05) is 13.1 Å². The zero-order valence-electron chi connectivity index (χ0n) is 8.19. The van der Waals surface area contributed by atoms with Gasteiger partial charge < -0.3 is 10.6 Å². The Bertz CT molecular complexity index is 383. The van der Waals surface area contributed by atoms with Crippen molar-refractivity contribution in [2.45, 2.75) is 12.5 Å². The summed E-state index contributed by atoms with van der Waals surface area (Å²) in [5, 5.41) is 0. The number of amides is 1. The van der Waals surface area contributed by atoms with Crippen molar-refractivity contribution in [3.05, 3.63) is 29.8 Å². The number of halogens is 1. The van der Waals surface area contributed by atoms with E-state index in [9.17, 15) is 9.18 Å². The van der Waals surface area contributed by atoms with E-state index >= 15 is 0 Å². The van der Waals surface area contributed by atoms with Gasteiger partial charge >= 0.3 is 0 Å². The van der Waals surface area contributed by atoms with Gasteiger partial charge in [-0.3, -0.25) is 9.78 Å². The lowest BCUT2D eigenvalue weighted by Crippen LogP contribution is -2.32. The normalized spacial score (nSPS) is 20.7. The third-order valence-corrected chi connectivity index (χ3v) is 2.51. The molecule has 4 nitrogen and oxygen atoms in total. The molecule has 2 N–H and O–H groups in total. The summed E-state index contributed by atoms with van der Waals surface area (Å²) in [7, 11) is 0. The summed E-state index contributed by atoms with van der Waals surface area (Å²) in [5.74, 6) is -0.883. The van der Waals surface area contributed by atoms with Crippen molar-refractivity contribution in [1.29, 1.82) is 0 Å². The van der Waals surface area contributed by atoms with E-state index < -0.39 is 5.82 Å². The molecule has 1 aromatic heterocycles. The summed E-state index contributed by atoms with van der Waals surface area (Å²) < 4.78 is 13.2. The quantitative estimate of drug-likeness (QED) is 0.728. The van der Waals surface area contributed by atoms with Crippen LogP contribution in [0, 0.1) is 5.82 Å². The molecule has 0 saturated carbocycles. The number of hydrogen-bond acceptors (Lipinski definition) is 3. The van der Waals surface area contributed by atoms with E-state index in [1.54, 1.807) is 4.90 Å². The van der Waals surface area contributed by atoms with Crippen molar-refractivity contribution in [2.24, 2.45) is 5.73 Å². The van der Waals surface area contributed by atoms with Crippen molar-refractivity contribution in [3.8, 4) is 0 Å². The summed E-state index contributed by atoms with van der Waals surface area (Å²) in [5.41, 5.74) is 5.75. The highest BCUT2D eigenvalue weighted by Gasteiger charge is 2.25. The Balaban J connectivity index is 2.18. The fraction of sp³-hybridized carbons (Fsp3) is 0.400. The molecule has 0 spiro atoms. The minimum Gasteiger partial charge on any atom is -0.337 e. The predicted molar refractivity (Wildman–Crippen MR) is 52.7 cm³/mol. The molecule has 5 heteroatoms. The zero-order chi connectivity index (χ0) is 10.8. The van der Waals surface area contributed by atoms with E-state index in [4.69, 9.17) is 5.73 Å². The van der Waals surface area contributed by atoms with Crippen LogP contribution >= 0.6 is 0 Å². The van der Waals surface area contributed by atoms with Crippen LogP contribution in [0.2, 0.25) is 0 Å². The minimum atomic E-state index is -0.581. The van der Waals surface area contributed by atoms with Gasteiger partial charge in [0.15, 0.2) is 5.82 Å². The average Bonchev–Trinajstić information content (AvgIpc) is 2.65. The highest BCUT2D eigenvalue weighted by atomic mass is 19.1. The number of hydrogen-bond donors (Lipinski definition) is 1. The standard InChI is InChI=1S/C10H12FN3O/c11-9-5-13-3-1-8(9)10(15)14-4-2-7(12)6-14/h1,3,5,7H,2,4,6,12H2. The van der Waals surface area contributed by atoms with E-state index in [1.807, 2.05) is 0 Å². The molecule has 2 heterocycles. The first-order valence-corrected chi connectivity index (χ1v) is 4.83. The fourth-order valence-corrected chi connectivity index (χ4v) is 1.69. The molecule has 0 aliphatic carbocycles. The van der Waals surface area contributed by atoms with Crippen LogP contribution in [0.25, 0.3) is 0 Å². The zero-order valence-corrected chi connectivity index (χ0v) is 8.19. The number of pyridine rings is 1. The lowest BCUT2D eigenvalue weighted by molar-refractivity contribution is 0.0786. The first kappa shape index (κ1) is 10.0. The largest absolute Gasteiger partial charge is 0.337 e. The fourth-order valence-electron chi connectivity index (χ4n) is 1.69. The Morgan fingerprint density at radius 2 is 2.47 bits per heavy atom. The molecule has 1 fully saturated rings. The molecule has 15 heavy (non-hydrogen) atoms. The van der Waals surface area contributed by atoms with Gasteiger partial charge in [-0.1, -0.05) is 0 Å². The maximum Gasteiger partial charge on any atom is 0.256 e. The number of nitrogens with two attached hydrogens (primary N) is 1. The lowest BCUT2D eigenvalue weighted by Gasteiger charge is -2.15. The van der Waals surface area contributed by atoms with Crippen molar-refractivity contribution in [3.63, 3.8) is 0 Å². The second kappa shape index (κ2) is 3.94. The molecule has 1 aliphatic heterocycles. The van der Waals surface area contributed by atoms with Crippen LogP contribution in [0.5, 0.6) is 0 Å². The Morgan fingerprint density at radius 1 is 1.67 bits per heavy atom. The molecular weight excluding hydrogens is 197 g/mol. The van der Waals surface area contributed by atoms with Gasteiger partial charge in [-0.2, -0.15) is 0 Å². The summed E-state index contributed by atoms with van der Waals surface area (Å²) >= 11 is 0. The number of carbonyl (C=O) groups is 1. The van der Waals surface area contributed by atoms with Crippen LogP contribution in [0.15, 0.2) is 18.5 Å². The van der Waals surface area contributed by atoms with Crippen LogP contribution in [0.3, 0.4) is 0 Å². The van der Waals surface area contributed by atoms with Crippen LogP contribution in [0.4, 0.5) is 4.39 Å². The maximum absolute atomic E-state index is 13.2. The monoisotopic (exact) mass is 209 g/mol. The summed E-state index contributed by atoms with van der Waals surface area (Å²) in [6.07, 6.45) is 3.23. The molecule has 0 bridgehead atoms. The van der Waals surface area contributed by atoms with Crippen molar-refractivity contribution < 1.29 is 9.18 Å². The Labute approximate surface area is 86.9 Å². The lowest BCUT2D eigenvalue weighted by atomic mass is 10.2. The van der Waals surface area contributed by atoms with Gasteiger partial charge in [-0.15, -0.1) is 0 Å². The van der Waals surface area contributed by atoms with E-state index in [0.717, 1.165) is 12.6 Å². The summed E-state index contributed by atoms with van der Waals surface area (Å²) in [6.45, 7) is 1.10. The van der Waals surface area contributed by atoms with E-state index in [-0.39, 0.29) is 17.5 Å². The van der Waals surface area contributed by atoms with Crippen LogP contribution in [-0.2, 0) is 0 Å². The number of nitrogens with zero attached hydrogens (tertiary/aromatic N) is 2. The molecule has 2 rings (SSSR count). The van der Waals surface area contributed by atoms with Gasteiger partial charge in [0.25, 0.3) is 5.91 Å². The molecule has 80 valence electrons. The topological polar surface area (TPSA) is 59.2 Å². The Morgan fingerprint density at radius 3 is 3.07 bits per heavy atom. The van der Waals surface area contributed by atoms with Gasteiger partial charge in [0.2, 0.25) is 0 Å². The number of rotatable bonds is 1. The van der Waals surface area contributed by atoms with Gasteiger partial charge in [-0.05, 0) is 12.5 Å². The maximum atomic E-state index is 13.2. The number of likely N-dealkylation sites (tertiary alicyclic amines) is 1. The first-order chi connectivity index (χ1) is 7.18. The highest BCUT2D eigenvalue weighted by Crippen LogP contribution is 2.13. The average molecular weight is 209 g/mol. The molecule has 0 radical (unpaired) electrons. The summed E-state index contributed by atoms with van der Waals surface area (Å²) in [6, 6.07) is 1.40. The van der Waals surface area contributed by atoms with E-state index in [2.05, 4.69) is 4.98 Å². The Kier molecular flexibility index (Phi) is 2.64. The smallest absolute Gasteiger partial charge is 0.256 e. The van der Waals surface area contributed by atoms with Crippen molar-refractivity contribution >= 4 is 5.91 Å². The highest BCUT2D eigenvalue weighted by molar-refractivity contribution is 5.94. The van der Waals surface area contributed by atoms with Crippen LogP contribution < -0.4 is 5.73 Å². The van der Waals surface area contributed by atoms with E-state index in [0.29, 0.717) is 13.1 Å². The van der Waals surface area contributed by atoms with E-state index in [1.165, 1.54) is 12.3 Å². The number of aromatic nitrogens is 1. The molecule has 1 unspecified atom stereocenters. The number of carbonyl (C=O) groups excluding carboxylic acids is 1. The van der Waals surface area contributed by atoms with Gasteiger partial charge in [0, 0.05) is 25.3 Å². The predicted octanol–water partition coefficient (Wildman–Crippen LogP) is 0.394. The third kappa shape index (κ3) is 1.97.